The molecule has 0 aliphatic carbocycles. The van der Waals surface area contributed by atoms with Gasteiger partial charge in [-0.05, 0) is 47.9 Å². The molecular weight excluding hydrogens is 258 g/mol. The molecule has 2 rings (SSSR count). The van der Waals surface area contributed by atoms with Crippen LogP contribution < -0.4 is 10.6 Å². The molecule has 0 spiro atoms. The Hall–Kier alpha value is -1.88. The maximum atomic E-state index is 12.0. The first-order valence-corrected chi connectivity index (χ1v) is 7.09. The Kier molecular flexibility index (Phi) is 4.52. The predicted octanol–water partition coefficient (Wildman–Crippen LogP) is 2.47. The maximum Gasteiger partial charge on any atom is 0.251 e. The average Bonchev–Trinajstić information content (AvgIpc) is 2.91. The van der Waals surface area contributed by atoms with Gasteiger partial charge < -0.3 is 10.6 Å². The highest BCUT2D eigenvalue weighted by Gasteiger charge is 2.07. The van der Waals surface area contributed by atoms with Crippen LogP contribution in [-0.2, 0) is 6.42 Å². The van der Waals surface area contributed by atoms with Crippen LogP contribution in [0.2, 0.25) is 0 Å². The molecule has 0 saturated carbocycles. The van der Waals surface area contributed by atoms with Crippen molar-refractivity contribution in [1.82, 2.24) is 10.3 Å². The van der Waals surface area contributed by atoms with E-state index in [4.69, 9.17) is 0 Å². The van der Waals surface area contributed by atoms with Crippen LogP contribution in [-0.4, -0.2) is 24.5 Å². The topological polar surface area (TPSA) is 54.0 Å². The van der Waals surface area contributed by atoms with Gasteiger partial charge in [-0.1, -0.05) is 0 Å². The Balaban J connectivity index is 1.94. The maximum absolute atomic E-state index is 12.0. The summed E-state index contributed by atoms with van der Waals surface area (Å²) in [5.41, 5.74) is 2.73. The lowest BCUT2D eigenvalue weighted by molar-refractivity contribution is 0.0954. The van der Waals surface area contributed by atoms with E-state index < -0.39 is 0 Å². The van der Waals surface area contributed by atoms with E-state index in [1.54, 1.807) is 30.5 Å². The lowest BCUT2D eigenvalue weighted by Gasteiger charge is -2.07. The molecule has 0 bridgehead atoms. The summed E-state index contributed by atoms with van der Waals surface area (Å²) in [6.07, 6.45) is 0.859. The van der Waals surface area contributed by atoms with Gasteiger partial charge in [-0.15, -0.1) is 0 Å². The van der Waals surface area contributed by atoms with Crippen LogP contribution in [0.1, 0.15) is 21.6 Å². The molecule has 0 saturated heterocycles. The number of anilines is 1. The lowest BCUT2D eigenvalue weighted by atomic mass is 10.2. The van der Waals surface area contributed by atoms with Crippen molar-refractivity contribution in [2.24, 2.45) is 0 Å². The van der Waals surface area contributed by atoms with Crippen LogP contribution in [0.5, 0.6) is 0 Å². The molecule has 2 N–H and O–H groups in total. The van der Waals surface area contributed by atoms with Crippen molar-refractivity contribution < 1.29 is 4.79 Å². The molecule has 2 aromatic heterocycles. The summed E-state index contributed by atoms with van der Waals surface area (Å²) in [6, 6.07) is 5.63. The largest absolute Gasteiger partial charge is 0.373 e. The number of nitrogens with one attached hydrogen (secondary N) is 2. The number of carbonyl (C=O) groups excluding carboxylic acids is 1. The highest BCUT2D eigenvalue weighted by molar-refractivity contribution is 7.07. The second-order valence-electron chi connectivity index (χ2n) is 4.27. The van der Waals surface area contributed by atoms with Crippen LogP contribution in [0.25, 0.3) is 0 Å². The number of carbonyl (C=O) groups is 1. The summed E-state index contributed by atoms with van der Waals surface area (Å²) < 4.78 is 0. The van der Waals surface area contributed by atoms with Crippen LogP contribution in [0.15, 0.2) is 29.0 Å². The molecule has 0 unspecified atom stereocenters. The van der Waals surface area contributed by atoms with Crippen LogP contribution >= 0.6 is 11.3 Å². The van der Waals surface area contributed by atoms with Gasteiger partial charge >= 0.3 is 0 Å². The predicted molar refractivity (Wildman–Crippen MR) is 78.9 cm³/mol. The van der Waals surface area contributed by atoms with Gasteiger partial charge in [0.15, 0.2) is 0 Å². The third-order valence-electron chi connectivity index (χ3n) is 2.75. The molecule has 0 radical (unpaired) electrons. The van der Waals surface area contributed by atoms with Gasteiger partial charge in [0.05, 0.1) is 0 Å². The van der Waals surface area contributed by atoms with Gasteiger partial charge in [-0.3, -0.25) is 4.79 Å². The summed E-state index contributed by atoms with van der Waals surface area (Å²) in [5.74, 6) is 0.653. The molecule has 0 aliphatic rings. The number of rotatable bonds is 5. The summed E-state index contributed by atoms with van der Waals surface area (Å²) >= 11 is 1.67. The normalized spacial score (nSPS) is 10.2. The van der Waals surface area contributed by atoms with Gasteiger partial charge in [-0.2, -0.15) is 11.3 Å². The molecule has 4 nitrogen and oxygen atoms in total. The zero-order valence-electron chi connectivity index (χ0n) is 11.1. The highest BCUT2D eigenvalue weighted by atomic mass is 32.1. The van der Waals surface area contributed by atoms with E-state index in [0.29, 0.717) is 17.9 Å². The van der Waals surface area contributed by atoms with E-state index in [2.05, 4.69) is 27.1 Å². The van der Waals surface area contributed by atoms with E-state index in [1.165, 1.54) is 5.56 Å². The molecule has 0 aromatic carbocycles. The number of thiophene rings is 1. The fraction of sp³-hybridized carbons (Fsp3) is 0.286. The average molecular weight is 275 g/mol. The molecule has 19 heavy (non-hydrogen) atoms. The molecule has 100 valence electrons. The third-order valence-corrected chi connectivity index (χ3v) is 3.48. The Bertz CT molecular complexity index is 552. The monoisotopic (exact) mass is 275 g/mol. The van der Waals surface area contributed by atoms with Crippen molar-refractivity contribution in [2.45, 2.75) is 13.3 Å². The minimum absolute atomic E-state index is 0.0581. The summed E-state index contributed by atoms with van der Waals surface area (Å²) in [7, 11) is 1.79. The molecule has 1 amide bonds. The standard InChI is InChI=1S/C14H17N3OS/c1-10-7-12(8-13(15-2)17-10)14(18)16-5-3-11-4-6-19-9-11/h4,6-9H,3,5H2,1-2H3,(H,15,17)(H,16,18). The number of aryl methyl sites for hydroxylation is 1. The minimum Gasteiger partial charge on any atom is -0.373 e. The number of amides is 1. The fourth-order valence-corrected chi connectivity index (χ4v) is 2.49. The third kappa shape index (κ3) is 3.79. The van der Waals surface area contributed by atoms with Gasteiger partial charge in [0.2, 0.25) is 0 Å². The second kappa shape index (κ2) is 6.33. The van der Waals surface area contributed by atoms with Crippen molar-refractivity contribution in [1.29, 1.82) is 0 Å². The number of aromatic nitrogens is 1. The fourth-order valence-electron chi connectivity index (χ4n) is 1.79. The van der Waals surface area contributed by atoms with E-state index in [-0.39, 0.29) is 5.91 Å². The first-order chi connectivity index (χ1) is 9.19. The Labute approximate surface area is 116 Å². The first kappa shape index (κ1) is 13.5. The Morgan fingerprint density at radius 1 is 1.42 bits per heavy atom. The van der Waals surface area contributed by atoms with Crippen molar-refractivity contribution in [3.05, 3.63) is 45.8 Å². The van der Waals surface area contributed by atoms with Gasteiger partial charge in [-0.25, -0.2) is 4.98 Å². The molecule has 2 aromatic rings. The van der Waals surface area contributed by atoms with Crippen molar-refractivity contribution >= 4 is 23.1 Å². The zero-order chi connectivity index (χ0) is 13.7. The zero-order valence-corrected chi connectivity index (χ0v) is 11.9. The molecule has 2 heterocycles. The minimum atomic E-state index is -0.0581. The summed E-state index contributed by atoms with van der Waals surface area (Å²) in [6.45, 7) is 2.52. The van der Waals surface area contributed by atoms with Crippen LogP contribution in [0, 0.1) is 6.92 Å². The number of nitrogens with zero attached hydrogens (tertiary/aromatic N) is 1. The summed E-state index contributed by atoms with van der Waals surface area (Å²) in [4.78, 5) is 16.3. The second-order valence-corrected chi connectivity index (χ2v) is 5.05. The van der Waals surface area contributed by atoms with Crippen molar-refractivity contribution in [2.75, 3.05) is 18.9 Å². The van der Waals surface area contributed by atoms with Crippen LogP contribution in [0.4, 0.5) is 5.82 Å². The molecule has 0 fully saturated rings. The van der Waals surface area contributed by atoms with E-state index in [1.807, 2.05) is 12.3 Å². The molecule has 0 aliphatic heterocycles. The van der Waals surface area contributed by atoms with E-state index >= 15 is 0 Å². The van der Waals surface area contributed by atoms with Gasteiger partial charge in [0.25, 0.3) is 5.91 Å². The van der Waals surface area contributed by atoms with Crippen LogP contribution in [0.3, 0.4) is 0 Å². The lowest BCUT2D eigenvalue weighted by Crippen LogP contribution is -2.25. The molecule has 5 heteroatoms. The Morgan fingerprint density at radius 2 is 2.26 bits per heavy atom. The quantitative estimate of drug-likeness (QED) is 0.881. The van der Waals surface area contributed by atoms with Gasteiger partial charge in [0, 0.05) is 24.8 Å². The van der Waals surface area contributed by atoms with Crippen molar-refractivity contribution in [3.8, 4) is 0 Å². The SMILES string of the molecule is CNc1cc(C(=O)NCCc2ccsc2)cc(C)n1. The number of hydrogen-bond donors (Lipinski definition) is 2. The smallest absolute Gasteiger partial charge is 0.251 e. The van der Waals surface area contributed by atoms with Gasteiger partial charge in [0.1, 0.15) is 5.82 Å². The first-order valence-electron chi connectivity index (χ1n) is 6.15. The Morgan fingerprint density at radius 3 is 2.95 bits per heavy atom. The van der Waals surface area contributed by atoms with E-state index in [0.717, 1.165) is 12.1 Å². The number of hydrogen-bond acceptors (Lipinski definition) is 4. The van der Waals surface area contributed by atoms with E-state index in [9.17, 15) is 4.79 Å². The highest BCUT2D eigenvalue weighted by Crippen LogP contribution is 2.10. The molecule has 0 atom stereocenters. The van der Waals surface area contributed by atoms with Crippen molar-refractivity contribution in [3.63, 3.8) is 0 Å². The summed E-state index contributed by atoms with van der Waals surface area (Å²) in [5, 5.41) is 10.0. The number of pyridine rings is 1. The molecular formula is C14H17N3OS.